The van der Waals surface area contributed by atoms with E-state index < -0.39 is 23.7 Å². The lowest BCUT2D eigenvalue weighted by molar-refractivity contribution is -0.0499. The fourth-order valence-corrected chi connectivity index (χ4v) is 2.11. The van der Waals surface area contributed by atoms with Crippen LogP contribution in [0.2, 0.25) is 0 Å². The van der Waals surface area contributed by atoms with Gasteiger partial charge in [0.05, 0.1) is 5.69 Å². The summed E-state index contributed by atoms with van der Waals surface area (Å²) in [7, 11) is 0. The van der Waals surface area contributed by atoms with E-state index in [1.54, 1.807) is 12.3 Å². The molecule has 1 aromatic heterocycles. The molecule has 0 radical (unpaired) electrons. The number of halogens is 3. The van der Waals surface area contributed by atoms with Gasteiger partial charge in [-0.1, -0.05) is 11.8 Å². The van der Waals surface area contributed by atoms with Crippen LogP contribution in [0.25, 0.3) is 11.3 Å². The molecule has 1 N–H and O–H groups in total. The number of hydrogen-bond acceptors (Lipinski definition) is 5. The highest BCUT2D eigenvalue weighted by atomic mass is 32.2. The van der Waals surface area contributed by atoms with Crippen LogP contribution in [0.15, 0.2) is 28.2 Å². The molecule has 2 aromatic rings. The lowest BCUT2D eigenvalue weighted by Gasteiger charge is -2.09. The van der Waals surface area contributed by atoms with Gasteiger partial charge < -0.3 is 9.72 Å². The first-order valence-corrected chi connectivity index (χ1v) is 7.01. The van der Waals surface area contributed by atoms with Gasteiger partial charge in [0.25, 0.3) is 5.56 Å². The number of rotatable bonds is 4. The number of aromatic nitrogens is 2. The molecule has 0 aliphatic carbocycles. The third-order valence-corrected chi connectivity index (χ3v) is 3.15. The van der Waals surface area contributed by atoms with Gasteiger partial charge in [-0.3, -0.25) is 4.79 Å². The summed E-state index contributed by atoms with van der Waals surface area (Å²) in [5.74, 6) is -1.29. The first-order valence-electron chi connectivity index (χ1n) is 5.78. The number of benzene rings is 1. The standard InChI is InChI=1S/C13H8F3N3O2S/c1-22-13-18-10(9(5-17)11(20)19-13)6-2-7(14)4-8(3-6)21-12(15)16/h2-4,12H,1H3,(H,18,19,20). The van der Waals surface area contributed by atoms with E-state index in [-0.39, 0.29) is 22.0 Å². The van der Waals surface area contributed by atoms with Gasteiger partial charge in [0.1, 0.15) is 23.2 Å². The Labute approximate surface area is 126 Å². The molecule has 0 aliphatic rings. The number of nitrogens with zero attached hydrogens (tertiary/aromatic N) is 2. The lowest BCUT2D eigenvalue weighted by atomic mass is 10.1. The lowest BCUT2D eigenvalue weighted by Crippen LogP contribution is -2.14. The minimum atomic E-state index is -3.13. The molecule has 1 heterocycles. The van der Waals surface area contributed by atoms with Crippen molar-refractivity contribution in [2.24, 2.45) is 0 Å². The van der Waals surface area contributed by atoms with Crippen LogP contribution in [0, 0.1) is 17.1 Å². The maximum Gasteiger partial charge on any atom is 0.387 e. The molecule has 0 fully saturated rings. The minimum absolute atomic E-state index is 0.00593. The molecule has 0 amide bonds. The molecule has 1 aromatic carbocycles. The zero-order valence-electron chi connectivity index (χ0n) is 11.1. The average molecular weight is 327 g/mol. The molecule has 0 bridgehead atoms. The van der Waals surface area contributed by atoms with Crippen LogP contribution in [0.5, 0.6) is 5.75 Å². The highest BCUT2D eigenvalue weighted by molar-refractivity contribution is 7.98. The number of hydrogen-bond donors (Lipinski definition) is 1. The van der Waals surface area contributed by atoms with E-state index in [4.69, 9.17) is 5.26 Å². The van der Waals surface area contributed by atoms with Crippen LogP contribution < -0.4 is 10.3 Å². The quantitative estimate of drug-likeness (QED) is 0.690. The predicted octanol–water partition coefficient (Wildman–Crippen LogP) is 2.77. The first-order chi connectivity index (χ1) is 10.4. The van der Waals surface area contributed by atoms with Gasteiger partial charge in [-0.05, 0) is 18.4 Å². The topological polar surface area (TPSA) is 78.8 Å². The Morgan fingerprint density at radius 2 is 2.14 bits per heavy atom. The van der Waals surface area contributed by atoms with Crippen molar-refractivity contribution < 1.29 is 17.9 Å². The van der Waals surface area contributed by atoms with E-state index in [9.17, 15) is 18.0 Å². The monoisotopic (exact) mass is 327 g/mol. The van der Waals surface area contributed by atoms with Crippen molar-refractivity contribution in [1.82, 2.24) is 9.97 Å². The molecule has 0 aliphatic heterocycles. The smallest absolute Gasteiger partial charge is 0.387 e. The van der Waals surface area contributed by atoms with Gasteiger partial charge in [-0.15, -0.1) is 0 Å². The number of H-pyrrole nitrogens is 1. The summed E-state index contributed by atoms with van der Waals surface area (Å²) < 4.78 is 42.2. The van der Waals surface area contributed by atoms with E-state index in [1.165, 1.54) is 0 Å². The van der Waals surface area contributed by atoms with Crippen LogP contribution in [0.1, 0.15) is 5.56 Å². The Hall–Kier alpha value is -2.47. The fourth-order valence-electron chi connectivity index (χ4n) is 1.73. The number of aromatic amines is 1. The molecule has 114 valence electrons. The number of alkyl halides is 2. The molecule has 2 rings (SSSR count). The summed E-state index contributed by atoms with van der Waals surface area (Å²) in [5, 5.41) is 9.25. The molecule has 0 unspecified atom stereocenters. The summed E-state index contributed by atoms with van der Waals surface area (Å²) in [6, 6.07) is 4.50. The van der Waals surface area contributed by atoms with Gasteiger partial charge in [-0.2, -0.15) is 14.0 Å². The normalized spacial score (nSPS) is 10.5. The maximum absolute atomic E-state index is 13.6. The van der Waals surface area contributed by atoms with Gasteiger partial charge in [0, 0.05) is 11.6 Å². The van der Waals surface area contributed by atoms with Crippen LogP contribution >= 0.6 is 11.8 Å². The van der Waals surface area contributed by atoms with E-state index in [0.717, 1.165) is 30.0 Å². The number of ether oxygens (including phenoxy) is 1. The Kier molecular flexibility index (Phi) is 4.72. The third kappa shape index (κ3) is 3.40. The van der Waals surface area contributed by atoms with Crippen molar-refractivity contribution in [2.75, 3.05) is 6.26 Å². The van der Waals surface area contributed by atoms with Crippen LogP contribution in [0.3, 0.4) is 0 Å². The predicted molar refractivity (Wildman–Crippen MR) is 73.4 cm³/mol. The summed E-state index contributed by atoms with van der Waals surface area (Å²) >= 11 is 1.11. The molecule has 5 nitrogen and oxygen atoms in total. The summed E-state index contributed by atoms with van der Waals surface area (Å²) in [5.41, 5.74) is -1.15. The molecule has 0 atom stereocenters. The number of nitrogens with one attached hydrogen (secondary N) is 1. The first kappa shape index (κ1) is 15.9. The zero-order chi connectivity index (χ0) is 16.3. The second-order valence-electron chi connectivity index (χ2n) is 3.96. The van der Waals surface area contributed by atoms with Crippen molar-refractivity contribution in [3.8, 4) is 23.1 Å². The molecule has 9 heteroatoms. The van der Waals surface area contributed by atoms with Gasteiger partial charge in [0.15, 0.2) is 5.16 Å². The average Bonchev–Trinajstić information content (AvgIpc) is 2.44. The summed E-state index contributed by atoms with van der Waals surface area (Å²) in [6.07, 6.45) is 1.64. The summed E-state index contributed by atoms with van der Waals surface area (Å²) in [6.45, 7) is -3.13. The van der Waals surface area contributed by atoms with E-state index >= 15 is 0 Å². The Morgan fingerprint density at radius 3 is 2.73 bits per heavy atom. The van der Waals surface area contributed by atoms with Crippen molar-refractivity contribution in [1.29, 1.82) is 5.26 Å². The van der Waals surface area contributed by atoms with E-state index in [2.05, 4.69) is 14.7 Å². The molecule has 22 heavy (non-hydrogen) atoms. The maximum atomic E-state index is 13.6. The molecule has 0 spiro atoms. The largest absolute Gasteiger partial charge is 0.435 e. The molecular formula is C13H8F3N3O2S. The SMILES string of the molecule is CSc1nc(-c2cc(F)cc(OC(F)F)c2)c(C#N)c(=O)[nH]1. The van der Waals surface area contributed by atoms with E-state index in [0.29, 0.717) is 0 Å². The van der Waals surface area contributed by atoms with Crippen LogP contribution in [-0.4, -0.2) is 22.8 Å². The van der Waals surface area contributed by atoms with Crippen molar-refractivity contribution in [3.05, 3.63) is 39.9 Å². The van der Waals surface area contributed by atoms with Crippen molar-refractivity contribution >= 4 is 11.8 Å². The second kappa shape index (κ2) is 6.53. The number of thioether (sulfide) groups is 1. The van der Waals surface area contributed by atoms with Gasteiger partial charge in [0.2, 0.25) is 0 Å². The Balaban J connectivity index is 2.66. The Morgan fingerprint density at radius 1 is 1.41 bits per heavy atom. The van der Waals surface area contributed by atoms with E-state index in [1.807, 2.05) is 0 Å². The van der Waals surface area contributed by atoms with Crippen LogP contribution in [-0.2, 0) is 0 Å². The minimum Gasteiger partial charge on any atom is -0.435 e. The molecule has 0 saturated heterocycles. The summed E-state index contributed by atoms with van der Waals surface area (Å²) in [4.78, 5) is 18.2. The highest BCUT2D eigenvalue weighted by Crippen LogP contribution is 2.27. The van der Waals surface area contributed by atoms with Gasteiger partial charge in [-0.25, -0.2) is 9.37 Å². The Bertz CT molecular complexity index is 802. The van der Waals surface area contributed by atoms with Crippen molar-refractivity contribution in [2.45, 2.75) is 11.8 Å². The fraction of sp³-hybridized carbons (Fsp3) is 0.154. The van der Waals surface area contributed by atoms with Crippen molar-refractivity contribution in [3.63, 3.8) is 0 Å². The third-order valence-electron chi connectivity index (χ3n) is 2.57. The zero-order valence-corrected chi connectivity index (χ0v) is 11.9. The molecule has 0 saturated carbocycles. The van der Waals surface area contributed by atoms with Gasteiger partial charge >= 0.3 is 6.61 Å². The second-order valence-corrected chi connectivity index (χ2v) is 4.76. The van der Waals surface area contributed by atoms with Crippen LogP contribution in [0.4, 0.5) is 13.2 Å². The number of nitriles is 1. The highest BCUT2D eigenvalue weighted by Gasteiger charge is 2.16. The molecular weight excluding hydrogens is 319 g/mol.